The molecule has 0 radical (unpaired) electrons. The van der Waals surface area contributed by atoms with Crippen LogP contribution in [0.2, 0.25) is 0 Å². The van der Waals surface area contributed by atoms with Crippen molar-refractivity contribution in [3.63, 3.8) is 0 Å². The third kappa shape index (κ3) is 5.69. The molecular formula is C16H23N3O2S. The maximum absolute atomic E-state index is 11.9. The van der Waals surface area contributed by atoms with Gasteiger partial charge < -0.3 is 15.5 Å². The number of hydrogen-bond acceptors (Lipinski definition) is 4. The van der Waals surface area contributed by atoms with Crippen LogP contribution in [-0.4, -0.2) is 54.4 Å². The molecule has 0 spiro atoms. The van der Waals surface area contributed by atoms with Gasteiger partial charge in [0.2, 0.25) is 11.8 Å². The van der Waals surface area contributed by atoms with E-state index in [1.165, 1.54) is 17.3 Å². The Morgan fingerprint density at radius 1 is 1.23 bits per heavy atom. The van der Waals surface area contributed by atoms with E-state index >= 15 is 0 Å². The maximum atomic E-state index is 11.9. The van der Waals surface area contributed by atoms with Crippen LogP contribution in [0.4, 0.5) is 5.69 Å². The van der Waals surface area contributed by atoms with Gasteiger partial charge >= 0.3 is 0 Å². The Morgan fingerprint density at radius 3 is 2.59 bits per heavy atom. The predicted octanol–water partition coefficient (Wildman–Crippen LogP) is 1.49. The minimum absolute atomic E-state index is 0.0246. The molecule has 2 N–H and O–H groups in total. The Labute approximate surface area is 135 Å². The summed E-state index contributed by atoms with van der Waals surface area (Å²) in [6.07, 6.45) is 0.502. The second-order valence-corrected chi connectivity index (χ2v) is 6.45. The second-order valence-electron chi connectivity index (χ2n) is 5.35. The molecule has 2 amide bonds. The Bertz CT molecular complexity index is 499. The Hall–Kier alpha value is -1.53. The van der Waals surface area contributed by atoms with Crippen LogP contribution in [-0.2, 0) is 9.59 Å². The van der Waals surface area contributed by atoms with Gasteiger partial charge in [0.15, 0.2) is 0 Å². The number of rotatable bonds is 6. The molecule has 1 fully saturated rings. The zero-order valence-corrected chi connectivity index (χ0v) is 13.7. The summed E-state index contributed by atoms with van der Waals surface area (Å²) in [5, 5.41) is 6.08. The quantitative estimate of drug-likeness (QED) is 0.779. The number of anilines is 1. The van der Waals surface area contributed by atoms with E-state index in [-0.39, 0.29) is 11.8 Å². The van der Waals surface area contributed by atoms with Crippen LogP contribution < -0.4 is 10.6 Å². The smallest absolute Gasteiger partial charge is 0.234 e. The number of carbonyl (C=O) groups is 2. The fourth-order valence-electron chi connectivity index (χ4n) is 2.23. The summed E-state index contributed by atoms with van der Waals surface area (Å²) >= 11 is 1.50. The third-order valence-electron chi connectivity index (χ3n) is 3.50. The molecule has 0 saturated carbocycles. The van der Waals surface area contributed by atoms with Gasteiger partial charge in [-0.05, 0) is 19.1 Å². The van der Waals surface area contributed by atoms with Gasteiger partial charge in [0.25, 0.3) is 0 Å². The minimum Gasteiger partial charge on any atom is -0.340 e. The van der Waals surface area contributed by atoms with E-state index < -0.39 is 0 Å². The molecule has 1 aliphatic heterocycles. The largest absolute Gasteiger partial charge is 0.340 e. The van der Waals surface area contributed by atoms with Crippen LogP contribution in [0.3, 0.4) is 0 Å². The van der Waals surface area contributed by atoms with Crippen molar-refractivity contribution in [3.8, 4) is 0 Å². The fraction of sp³-hybridized carbons (Fsp3) is 0.500. The van der Waals surface area contributed by atoms with Crippen molar-refractivity contribution in [1.82, 2.24) is 10.2 Å². The molecule has 0 aromatic heterocycles. The summed E-state index contributed by atoms with van der Waals surface area (Å²) < 4.78 is 0. The number of hydrogen-bond donors (Lipinski definition) is 2. The van der Waals surface area contributed by atoms with Crippen LogP contribution >= 0.6 is 11.8 Å². The molecule has 0 atom stereocenters. The van der Waals surface area contributed by atoms with E-state index in [1.54, 1.807) is 0 Å². The van der Waals surface area contributed by atoms with Crippen LogP contribution in [0.1, 0.15) is 12.0 Å². The summed E-state index contributed by atoms with van der Waals surface area (Å²) in [6.45, 7) is 5.33. The van der Waals surface area contributed by atoms with E-state index in [4.69, 9.17) is 0 Å². The summed E-state index contributed by atoms with van der Waals surface area (Å²) in [4.78, 5) is 25.7. The number of thioether (sulfide) groups is 1. The molecule has 22 heavy (non-hydrogen) atoms. The number of aryl methyl sites for hydroxylation is 1. The molecule has 2 rings (SSSR count). The van der Waals surface area contributed by atoms with E-state index in [0.29, 0.717) is 17.9 Å². The molecule has 1 saturated heterocycles. The Balaban J connectivity index is 1.60. The Morgan fingerprint density at radius 2 is 1.91 bits per heavy atom. The van der Waals surface area contributed by atoms with Gasteiger partial charge in [-0.15, -0.1) is 0 Å². The minimum atomic E-state index is -0.0246. The van der Waals surface area contributed by atoms with Crippen LogP contribution in [0.5, 0.6) is 0 Å². The molecule has 1 aromatic carbocycles. The maximum Gasteiger partial charge on any atom is 0.234 e. The van der Waals surface area contributed by atoms with Crippen molar-refractivity contribution in [2.75, 3.05) is 43.0 Å². The van der Waals surface area contributed by atoms with Gasteiger partial charge in [0.1, 0.15) is 0 Å². The first-order valence-corrected chi connectivity index (χ1v) is 8.73. The van der Waals surface area contributed by atoms with Gasteiger partial charge in [0, 0.05) is 44.0 Å². The zero-order valence-electron chi connectivity index (χ0n) is 12.9. The third-order valence-corrected chi connectivity index (χ3v) is 4.46. The van der Waals surface area contributed by atoms with Crippen molar-refractivity contribution >= 4 is 29.3 Å². The fourth-order valence-corrected chi connectivity index (χ4v) is 2.95. The molecular weight excluding hydrogens is 298 g/mol. The standard InChI is InChI=1S/C16H23N3O2S/c1-13-2-4-14(5-3-13)18-15(20)12-22-11-6-16(21)19-9-7-17-8-10-19/h2-5,17H,6-12H2,1H3,(H,18,20). The molecule has 1 aromatic rings. The summed E-state index contributed by atoms with van der Waals surface area (Å²) in [7, 11) is 0. The number of piperazine rings is 1. The lowest BCUT2D eigenvalue weighted by atomic mass is 10.2. The average Bonchev–Trinajstić information content (AvgIpc) is 2.54. The molecule has 1 aliphatic rings. The molecule has 0 aliphatic carbocycles. The molecule has 6 heteroatoms. The number of nitrogens with one attached hydrogen (secondary N) is 2. The summed E-state index contributed by atoms with van der Waals surface area (Å²) in [5.41, 5.74) is 1.98. The van der Waals surface area contributed by atoms with Gasteiger partial charge in [-0.25, -0.2) is 0 Å². The number of amides is 2. The predicted molar refractivity (Wildman–Crippen MR) is 91.2 cm³/mol. The van der Waals surface area contributed by atoms with E-state index in [9.17, 15) is 9.59 Å². The first kappa shape index (κ1) is 16.8. The average molecular weight is 321 g/mol. The lowest BCUT2D eigenvalue weighted by Crippen LogP contribution is -2.46. The summed E-state index contributed by atoms with van der Waals surface area (Å²) in [5.74, 6) is 1.23. The highest BCUT2D eigenvalue weighted by atomic mass is 32.2. The van der Waals surface area contributed by atoms with E-state index in [2.05, 4.69) is 10.6 Å². The van der Waals surface area contributed by atoms with Crippen molar-refractivity contribution in [1.29, 1.82) is 0 Å². The molecule has 0 bridgehead atoms. The second kappa shape index (κ2) is 8.80. The number of nitrogens with zero attached hydrogens (tertiary/aromatic N) is 1. The first-order chi connectivity index (χ1) is 10.6. The van der Waals surface area contributed by atoms with Gasteiger partial charge in [-0.3, -0.25) is 9.59 Å². The van der Waals surface area contributed by atoms with Crippen LogP contribution in [0.25, 0.3) is 0 Å². The van der Waals surface area contributed by atoms with Crippen LogP contribution in [0.15, 0.2) is 24.3 Å². The van der Waals surface area contributed by atoms with Crippen LogP contribution in [0, 0.1) is 6.92 Å². The lowest BCUT2D eigenvalue weighted by molar-refractivity contribution is -0.131. The molecule has 120 valence electrons. The molecule has 1 heterocycles. The molecule has 5 nitrogen and oxygen atoms in total. The topological polar surface area (TPSA) is 61.4 Å². The van der Waals surface area contributed by atoms with E-state index in [1.807, 2.05) is 36.1 Å². The monoisotopic (exact) mass is 321 g/mol. The normalized spacial score (nSPS) is 14.7. The van der Waals surface area contributed by atoms with Gasteiger partial charge in [-0.2, -0.15) is 11.8 Å². The highest BCUT2D eigenvalue weighted by Crippen LogP contribution is 2.10. The first-order valence-electron chi connectivity index (χ1n) is 7.58. The Kier molecular flexibility index (Phi) is 6.74. The highest BCUT2D eigenvalue weighted by molar-refractivity contribution is 7.99. The zero-order chi connectivity index (χ0) is 15.8. The van der Waals surface area contributed by atoms with E-state index in [0.717, 1.165) is 31.9 Å². The van der Waals surface area contributed by atoms with Crippen molar-refractivity contribution in [2.24, 2.45) is 0 Å². The highest BCUT2D eigenvalue weighted by Gasteiger charge is 2.15. The van der Waals surface area contributed by atoms with Crippen molar-refractivity contribution < 1.29 is 9.59 Å². The number of benzene rings is 1. The molecule has 0 unspecified atom stereocenters. The lowest BCUT2D eigenvalue weighted by Gasteiger charge is -2.27. The number of carbonyl (C=O) groups excluding carboxylic acids is 2. The van der Waals surface area contributed by atoms with Crippen molar-refractivity contribution in [3.05, 3.63) is 29.8 Å². The van der Waals surface area contributed by atoms with Gasteiger partial charge in [0.05, 0.1) is 5.75 Å². The van der Waals surface area contributed by atoms with Crippen molar-refractivity contribution in [2.45, 2.75) is 13.3 Å². The van der Waals surface area contributed by atoms with Gasteiger partial charge in [-0.1, -0.05) is 17.7 Å². The SMILES string of the molecule is Cc1ccc(NC(=O)CSCCC(=O)N2CCNCC2)cc1. The summed E-state index contributed by atoms with van der Waals surface area (Å²) in [6, 6.07) is 7.72.